The van der Waals surface area contributed by atoms with Crippen LogP contribution < -0.4 is 0 Å². The van der Waals surface area contributed by atoms with Gasteiger partial charge in [0.05, 0.1) is 18.9 Å². The summed E-state index contributed by atoms with van der Waals surface area (Å²) in [4.78, 5) is 21.0. The fourth-order valence-electron chi connectivity index (χ4n) is 0.821. The Morgan fingerprint density at radius 3 is 2.30 bits per heavy atom. The van der Waals surface area contributed by atoms with E-state index in [1.807, 2.05) is 0 Å². The maximum atomic E-state index is 10.5. The van der Waals surface area contributed by atoms with Gasteiger partial charge < -0.3 is 9.47 Å². The first-order valence-corrected chi connectivity index (χ1v) is 2.98. The van der Waals surface area contributed by atoms with Gasteiger partial charge in [-0.25, -0.2) is 0 Å². The van der Waals surface area contributed by atoms with Crippen molar-refractivity contribution in [2.24, 2.45) is 0 Å². The Labute approximate surface area is 58.1 Å². The monoisotopic (exact) mass is 144 g/mol. The molecule has 1 rings (SSSR count). The topological polar surface area (TPSA) is 52.6 Å². The molecular weight excluding hydrogens is 136 g/mol. The number of hydrogen-bond acceptors (Lipinski definition) is 4. The van der Waals surface area contributed by atoms with E-state index in [0.29, 0.717) is 0 Å². The van der Waals surface area contributed by atoms with E-state index in [1.165, 1.54) is 7.11 Å². The van der Waals surface area contributed by atoms with Gasteiger partial charge in [-0.15, -0.1) is 0 Å². The van der Waals surface area contributed by atoms with E-state index in [9.17, 15) is 9.59 Å². The molecule has 0 unspecified atom stereocenters. The van der Waals surface area contributed by atoms with Crippen LogP contribution in [0.25, 0.3) is 0 Å². The van der Waals surface area contributed by atoms with Crippen LogP contribution in [0.15, 0.2) is 0 Å². The minimum absolute atomic E-state index is 0.183. The number of methoxy groups -OCH3 is 1. The lowest BCUT2D eigenvalue weighted by molar-refractivity contribution is -0.168. The molecule has 4 nitrogen and oxygen atoms in total. The fourth-order valence-corrected chi connectivity index (χ4v) is 0.821. The first-order valence-electron chi connectivity index (χ1n) is 2.98. The molecule has 0 aromatic rings. The second-order valence-corrected chi connectivity index (χ2v) is 2.11. The third-order valence-electron chi connectivity index (χ3n) is 1.35. The summed E-state index contributed by atoms with van der Waals surface area (Å²) in [6.45, 7) is 0. The van der Waals surface area contributed by atoms with E-state index in [0.717, 1.165) is 0 Å². The van der Waals surface area contributed by atoms with Crippen LogP contribution in [0.4, 0.5) is 0 Å². The fraction of sp³-hybridized carbons (Fsp3) is 0.667. The zero-order chi connectivity index (χ0) is 7.56. The first-order chi connectivity index (χ1) is 4.72. The van der Waals surface area contributed by atoms with Gasteiger partial charge in [0.2, 0.25) is 0 Å². The lowest BCUT2D eigenvalue weighted by Crippen LogP contribution is -2.30. The van der Waals surface area contributed by atoms with Gasteiger partial charge in [0.15, 0.2) is 0 Å². The summed E-state index contributed by atoms with van der Waals surface area (Å²) < 4.78 is 9.07. The lowest BCUT2D eigenvalue weighted by Gasteiger charge is -2.17. The van der Waals surface area contributed by atoms with Crippen LogP contribution in [-0.2, 0) is 19.1 Å². The van der Waals surface area contributed by atoms with Gasteiger partial charge in [0.25, 0.3) is 0 Å². The summed E-state index contributed by atoms with van der Waals surface area (Å²) in [5.41, 5.74) is 0. The highest BCUT2D eigenvalue weighted by Gasteiger charge is 2.26. The minimum atomic E-state index is -0.497. The number of hydrogen-bond donors (Lipinski definition) is 0. The molecule has 1 saturated heterocycles. The smallest absolute Gasteiger partial charge is 0.316 e. The van der Waals surface area contributed by atoms with Crippen LogP contribution in [0.2, 0.25) is 0 Å². The van der Waals surface area contributed by atoms with Crippen molar-refractivity contribution < 1.29 is 19.1 Å². The average Bonchev–Trinajstić information content (AvgIpc) is 1.85. The molecule has 10 heavy (non-hydrogen) atoms. The van der Waals surface area contributed by atoms with Crippen molar-refractivity contribution in [1.29, 1.82) is 0 Å². The Morgan fingerprint density at radius 2 is 1.90 bits per heavy atom. The number of cyclic esters (lactones) is 2. The number of carbonyl (C=O) groups excluding carboxylic acids is 2. The predicted octanol–water partition coefficient (Wildman–Crippen LogP) is -0.135. The predicted molar refractivity (Wildman–Crippen MR) is 31.1 cm³/mol. The van der Waals surface area contributed by atoms with Crippen LogP contribution in [0.3, 0.4) is 0 Å². The minimum Gasteiger partial charge on any atom is -0.393 e. The first kappa shape index (κ1) is 7.21. The van der Waals surface area contributed by atoms with E-state index in [-0.39, 0.29) is 18.9 Å². The molecule has 0 N–H and O–H groups in total. The van der Waals surface area contributed by atoms with Crippen LogP contribution >= 0.6 is 0 Å². The SMILES string of the molecule is COC1CC(=O)OC(=O)C1. The van der Waals surface area contributed by atoms with Crippen molar-refractivity contribution in [2.45, 2.75) is 18.9 Å². The van der Waals surface area contributed by atoms with E-state index >= 15 is 0 Å². The molecule has 1 aliphatic heterocycles. The van der Waals surface area contributed by atoms with Crippen molar-refractivity contribution in [3.05, 3.63) is 0 Å². The summed E-state index contributed by atoms with van der Waals surface area (Å²) in [6, 6.07) is 0. The highest BCUT2D eigenvalue weighted by Crippen LogP contribution is 2.11. The number of ether oxygens (including phenoxy) is 2. The molecule has 0 radical (unpaired) electrons. The molecule has 1 heterocycles. The third kappa shape index (κ3) is 1.54. The molecule has 56 valence electrons. The number of carbonyl (C=O) groups is 2. The molecule has 0 aromatic heterocycles. The van der Waals surface area contributed by atoms with Crippen LogP contribution in [-0.4, -0.2) is 25.2 Å². The molecule has 0 saturated carbocycles. The largest absolute Gasteiger partial charge is 0.393 e. The van der Waals surface area contributed by atoms with Crippen molar-refractivity contribution in [3.63, 3.8) is 0 Å². The highest BCUT2D eigenvalue weighted by atomic mass is 16.6. The van der Waals surface area contributed by atoms with Crippen molar-refractivity contribution in [2.75, 3.05) is 7.11 Å². The zero-order valence-corrected chi connectivity index (χ0v) is 5.62. The molecule has 0 bridgehead atoms. The Bertz CT molecular complexity index is 147. The maximum absolute atomic E-state index is 10.5. The summed E-state index contributed by atoms with van der Waals surface area (Å²) in [5, 5.41) is 0. The number of esters is 2. The normalized spacial score (nSPS) is 20.9. The second-order valence-electron chi connectivity index (χ2n) is 2.11. The molecule has 0 atom stereocenters. The van der Waals surface area contributed by atoms with E-state index in [2.05, 4.69) is 4.74 Å². The second kappa shape index (κ2) is 2.79. The van der Waals surface area contributed by atoms with Gasteiger partial charge in [0.1, 0.15) is 0 Å². The third-order valence-corrected chi connectivity index (χ3v) is 1.35. The number of rotatable bonds is 1. The highest BCUT2D eigenvalue weighted by molar-refractivity contribution is 5.88. The molecule has 0 spiro atoms. The molecule has 0 amide bonds. The van der Waals surface area contributed by atoms with Crippen LogP contribution in [0.5, 0.6) is 0 Å². The molecule has 0 aromatic carbocycles. The van der Waals surface area contributed by atoms with Crippen molar-refractivity contribution >= 4 is 11.9 Å². The van der Waals surface area contributed by atoms with Gasteiger partial charge in [-0.1, -0.05) is 0 Å². The quantitative estimate of drug-likeness (QED) is 0.380. The summed E-state index contributed by atoms with van der Waals surface area (Å²) in [7, 11) is 1.47. The van der Waals surface area contributed by atoms with Crippen molar-refractivity contribution in [1.82, 2.24) is 0 Å². The van der Waals surface area contributed by atoms with Crippen molar-refractivity contribution in [3.8, 4) is 0 Å². The average molecular weight is 144 g/mol. The lowest BCUT2D eigenvalue weighted by atomic mass is 10.1. The Balaban J connectivity index is 2.50. The van der Waals surface area contributed by atoms with E-state index in [4.69, 9.17) is 4.74 Å². The van der Waals surface area contributed by atoms with Gasteiger partial charge in [0, 0.05) is 7.11 Å². The molecule has 0 aliphatic carbocycles. The Kier molecular flexibility index (Phi) is 2.01. The van der Waals surface area contributed by atoms with Gasteiger partial charge >= 0.3 is 11.9 Å². The summed E-state index contributed by atoms with van der Waals surface area (Å²) >= 11 is 0. The van der Waals surface area contributed by atoms with Gasteiger partial charge in [-0.3, -0.25) is 9.59 Å². The molecule has 4 heteroatoms. The van der Waals surface area contributed by atoms with E-state index in [1.54, 1.807) is 0 Å². The van der Waals surface area contributed by atoms with E-state index < -0.39 is 11.9 Å². The van der Waals surface area contributed by atoms with Gasteiger partial charge in [-0.05, 0) is 0 Å². The molecule has 1 aliphatic rings. The van der Waals surface area contributed by atoms with Crippen LogP contribution in [0, 0.1) is 0 Å². The Morgan fingerprint density at radius 1 is 1.40 bits per heavy atom. The standard InChI is InChI=1S/C6H8O4/c1-9-4-2-5(7)10-6(8)3-4/h4H,2-3H2,1H3. The molecule has 1 fully saturated rings. The maximum Gasteiger partial charge on any atom is 0.316 e. The zero-order valence-electron chi connectivity index (χ0n) is 5.62. The van der Waals surface area contributed by atoms with Gasteiger partial charge in [-0.2, -0.15) is 0 Å². The summed E-state index contributed by atoms with van der Waals surface area (Å²) in [5.74, 6) is -0.994. The molecular formula is C6H8O4. The summed E-state index contributed by atoms with van der Waals surface area (Å²) in [6.07, 6.45) is 0.0820. The Hall–Kier alpha value is -0.900. The van der Waals surface area contributed by atoms with Crippen LogP contribution in [0.1, 0.15) is 12.8 Å².